The standard InChI is InChI=1S/C10H16N2O3/c1-4-15-10(14)8-5-11-12(9(8)13)6-7(2)3/h5,7-8H,4,6H2,1-3H3. The van der Waals surface area contributed by atoms with Gasteiger partial charge in [0.25, 0.3) is 5.91 Å². The molecule has 0 radical (unpaired) electrons. The minimum Gasteiger partial charge on any atom is -0.465 e. The summed E-state index contributed by atoms with van der Waals surface area (Å²) in [6.07, 6.45) is 1.35. The maximum atomic E-state index is 11.7. The quantitative estimate of drug-likeness (QED) is 0.508. The smallest absolute Gasteiger partial charge is 0.324 e. The first-order valence-corrected chi connectivity index (χ1v) is 5.08. The van der Waals surface area contributed by atoms with Crippen LogP contribution < -0.4 is 0 Å². The number of hydrazone groups is 1. The van der Waals surface area contributed by atoms with Gasteiger partial charge in [0.1, 0.15) is 0 Å². The molecule has 0 saturated heterocycles. The Morgan fingerprint density at radius 2 is 2.33 bits per heavy atom. The maximum Gasteiger partial charge on any atom is 0.324 e. The predicted octanol–water partition coefficient (Wildman–Crippen LogP) is 0.650. The van der Waals surface area contributed by atoms with Crippen LogP contribution in [0.3, 0.4) is 0 Å². The van der Waals surface area contributed by atoms with Crippen LogP contribution in [-0.2, 0) is 14.3 Å². The molecule has 1 aliphatic heterocycles. The molecule has 0 aromatic heterocycles. The van der Waals surface area contributed by atoms with Crippen molar-refractivity contribution >= 4 is 18.1 Å². The number of hydrogen-bond acceptors (Lipinski definition) is 4. The van der Waals surface area contributed by atoms with Gasteiger partial charge in [0, 0.05) is 12.8 Å². The summed E-state index contributed by atoms with van der Waals surface area (Å²) in [4.78, 5) is 23.0. The van der Waals surface area contributed by atoms with Gasteiger partial charge < -0.3 is 4.74 Å². The van der Waals surface area contributed by atoms with E-state index < -0.39 is 11.9 Å². The molecule has 1 rings (SSSR count). The number of carbonyl (C=O) groups excluding carboxylic acids is 2. The molecule has 1 aliphatic rings. The van der Waals surface area contributed by atoms with Crippen LogP contribution in [0.2, 0.25) is 0 Å². The first-order chi connectivity index (χ1) is 7.06. The Kier molecular flexibility index (Phi) is 3.82. The Labute approximate surface area is 89.1 Å². The summed E-state index contributed by atoms with van der Waals surface area (Å²) in [5.41, 5.74) is 0. The molecule has 0 aromatic rings. The monoisotopic (exact) mass is 212 g/mol. The molecule has 0 fully saturated rings. The Morgan fingerprint density at radius 3 is 2.87 bits per heavy atom. The fourth-order valence-corrected chi connectivity index (χ4v) is 1.31. The van der Waals surface area contributed by atoms with Crippen molar-refractivity contribution in [3.63, 3.8) is 0 Å². The number of hydrogen-bond donors (Lipinski definition) is 0. The summed E-state index contributed by atoms with van der Waals surface area (Å²) in [7, 11) is 0. The second-order valence-corrected chi connectivity index (χ2v) is 3.81. The Bertz CT molecular complexity index is 286. The fraction of sp³-hybridized carbons (Fsp3) is 0.700. The summed E-state index contributed by atoms with van der Waals surface area (Å²) in [6.45, 7) is 6.49. The molecule has 0 aliphatic carbocycles. The van der Waals surface area contributed by atoms with Crippen molar-refractivity contribution in [3.8, 4) is 0 Å². The highest BCUT2D eigenvalue weighted by atomic mass is 16.5. The molecule has 0 aromatic carbocycles. The summed E-state index contributed by atoms with van der Waals surface area (Å²) >= 11 is 0. The summed E-state index contributed by atoms with van der Waals surface area (Å²) in [5, 5.41) is 5.23. The minimum atomic E-state index is -0.844. The molecule has 0 saturated carbocycles. The van der Waals surface area contributed by atoms with Crippen molar-refractivity contribution in [2.75, 3.05) is 13.2 Å². The van der Waals surface area contributed by atoms with Crippen molar-refractivity contribution in [1.82, 2.24) is 5.01 Å². The lowest BCUT2D eigenvalue weighted by Crippen LogP contribution is -2.33. The second kappa shape index (κ2) is 4.91. The second-order valence-electron chi connectivity index (χ2n) is 3.81. The molecule has 1 amide bonds. The Hall–Kier alpha value is -1.39. The molecule has 5 nitrogen and oxygen atoms in total. The normalized spacial score (nSPS) is 20.1. The first kappa shape index (κ1) is 11.7. The first-order valence-electron chi connectivity index (χ1n) is 5.08. The molecular weight excluding hydrogens is 196 g/mol. The van der Waals surface area contributed by atoms with Gasteiger partial charge in [0.05, 0.1) is 6.61 Å². The highest BCUT2D eigenvalue weighted by Gasteiger charge is 2.35. The van der Waals surface area contributed by atoms with E-state index in [1.54, 1.807) is 6.92 Å². The third kappa shape index (κ3) is 2.78. The van der Waals surface area contributed by atoms with Crippen LogP contribution in [0, 0.1) is 11.8 Å². The number of carbonyl (C=O) groups is 2. The van der Waals surface area contributed by atoms with E-state index in [2.05, 4.69) is 5.10 Å². The van der Waals surface area contributed by atoms with Gasteiger partial charge in [0.2, 0.25) is 0 Å². The summed E-state index contributed by atoms with van der Waals surface area (Å²) in [6, 6.07) is 0. The van der Waals surface area contributed by atoms with Gasteiger partial charge in [-0.15, -0.1) is 0 Å². The van der Waals surface area contributed by atoms with Gasteiger partial charge in [-0.05, 0) is 12.8 Å². The number of rotatable bonds is 4. The fourth-order valence-electron chi connectivity index (χ4n) is 1.31. The molecule has 0 N–H and O–H groups in total. The molecule has 0 spiro atoms. The van der Waals surface area contributed by atoms with E-state index in [-0.39, 0.29) is 12.5 Å². The zero-order valence-corrected chi connectivity index (χ0v) is 9.27. The maximum absolute atomic E-state index is 11.7. The van der Waals surface area contributed by atoms with E-state index in [0.717, 1.165) is 0 Å². The molecule has 1 unspecified atom stereocenters. The SMILES string of the molecule is CCOC(=O)C1C=NN(CC(C)C)C1=O. The van der Waals surface area contributed by atoms with Gasteiger partial charge in [-0.2, -0.15) is 5.10 Å². The minimum absolute atomic E-state index is 0.278. The van der Waals surface area contributed by atoms with E-state index in [4.69, 9.17) is 4.74 Å². The van der Waals surface area contributed by atoms with Crippen LogP contribution in [-0.4, -0.2) is 36.3 Å². The van der Waals surface area contributed by atoms with E-state index in [0.29, 0.717) is 12.5 Å². The molecule has 0 bridgehead atoms. The highest BCUT2D eigenvalue weighted by Crippen LogP contribution is 2.13. The van der Waals surface area contributed by atoms with Gasteiger partial charge >= 0.3 is 5.97 Å². The molecular formula is C10H16N2O3. The summed E-state index contributed by atoms with van der Waals surface area (Å²) in [5.74, 6) is -1.32. The van der Waals surface area contributed by atoms with Crippen molar-refractivity contribution in [2.45, 2.75) is 20.8 Å². The van der Waals surface area contributed by atoms with Crippen LogP contribution in [0.15, 0.2) is 5.10 Å². The number of nitrogens with zero attached hydrogens (tertiary/aromatic N) is 2. The average molecular weight is 212 g/mol. The molecule has 1 heterocycles. The Balaban J connectivity index is 2.57. The van der Waals surface area contributed by atoms with Crippen molar-refractivity contribution in [2.24, 2.45) is 16.9 Å². The predicted molar refractivity (Wildman–Crippen MR) is 55.2 cm³/mol. The lowest BCUT2D eigenvalue weighted by atomic mass is 10.1. The van der Waals surface area contributed by atoms with Gasteiger partial charge in [-0.3, -0.25) is 9.59 Å². The van der Waals surface area contributed by atoms with Crippen LogP contribution in [0.25, 0.3) is 0 Å². The highest BCUT2D eigenvalue weighted by molar-refractivity contribution is 6.13. The van der Waals surface area contributed by atoms with E-state index in [9.17, 15) is 9.59 Å². The summed E-state index contributed by atoms with van der Waals surface area (Å²) < 4.78 is 4.77. The Morgan fingerprint density at radius 1 is 1.67 bits per heavy atom. The third-order valence-corrected chi connectivity index (χ3v) is 1.95. The van der Waals surface area contributed by atoms with Gasteiger partial charge in [0.15, 0.2) is 5.92 Å². The number of amides is 1. The van der Waals surface area contributed by atoms with Crippen LogP contribution in [0.1, 0.15) is 20.8 Å². The van der Waals surface area contributed by atoms with Gasteiger partial charge in [-0.1, -0.05) is 13.8 Å². The van der Waals surface area contributed by atoms with E-state index >= 15 is 0 Å². The topological polar surface area (TPSA) is 59.0 Å². The zero-order chi connectivity index (χ0) is 11.4. The zero-order valence-electron chi connectivity index (χ0n) is 9.27. The molecule has 84 valence electrons. The van der Waals surface area contributed by atoms with Gasteiger partial charge in [-0.25, -0.2) is 5.01 Å². The van der Waals surface area contributed by atoms with Crippen molar-refractivity contribution in [1.29, 1.82) is 0 Å². The van der Waals surface area contributed by atoms with Crippen LogP contribution >= 0.6 is 0 Å². The third-order valence-electron chi connectivity index (χ3n) is 1.95. The van der Waals surface area contributed by atoms with Crippen LogP contribution in [0.5, 0.6) is 0 Å². The lowest BCUT2D eigenvalue weighted by Gasteiger charge is -2.15. The molecule has 15 heavy (non-hydrogen) atoms. The van der Waals surface area contributed by atoms with Crippen molar-refractivity contribution in [3.05, 3.63) is 0 Å². The van der Waals surface area contributed by atoms with E-state index in [1.165, 1.54) is 11.2 Å². The van der Waals surface area contributed by atoms with Crippen molar-refractivity contribution < 1.29 is 14.3 Å². The number of ether oxygens (including phenoxy) is 1. The van der Waals surface area contributed by atoms with E-state index in [1.807, 2.05) is 13.8 Å². The molecule has 1 atom stereocenters. The largest absolute Gasteiger partial charge is 0.465 e. The van der Waals surface area contributed by atoms with Crippen LogP contribution in [0.4, 0.5) is 0 Å². The average Bonchev–Trinajstić information content (AvgIpc) is 2.48. The number of esters is 1. The lowest BCUT2D eigenvalue weighted by molar-refractivity contribution is -0.151. The molecule has 5 heteroatoms.